The van der Waals surface area contributed by atoms with Crippen LogP contribution in [0.3, 0.4) is 0 Å². The topological polar surface area (TPSA) is 46.5 Å². The molecule has 0 aliphatic rings. The van der Waals surface area contributed by atoms with Crippen LogP contribution in [-0.2, 0) is 9.22 Å². The predicted molar refractivity (Wildman–Crippen MR) is 87.4 cm³/mol. The molecule has 0 saturated carbocycles. The van der Waals surface area contributed by atoms with E-state index in [4.69, 9.17) is 9.53 Å². The molecule has 0 bridgehead atoms. The van der Waals surface area contributed by atoms with Crippen molar-refractivity contribution in [3.8, 4) is 0 Å². The minimum absolute atomic E-state index is 0.0228. The first-order valence-corrected chi connectivity index (χ1v) is 9.77. The van der Waals surface area contributed by atoms with Crippen LogP contribution in [0, 0.1) is 0 Å². The Kier molecular flexibility index (Phi) is 7.17. The summed E-state index contributed by atoms with van der Waals surface area (Å²) in [5, 5.41) is 8.71. The van der Waals surface area contributed by atoms with Gasteiger partial charge in [0.05, 0.1) is 6.10 Å². The highest BCUT2D eigenvalue weighted by Gasteiger charge is 2.38. The zero-order valence-electron chi connectivity index (χ0n) is 13.6. The summed E-state index contributed by atoms with van der Waals surface area (Å²) in [4.78, 5) is 10.4. The van der Waals surface area contributed by atoms with Crippen LogP contribution < -0.4 is 0 Å². The van der Waals surface area contributed by atoms with Crippen LogP contribution in [0.5, 0.6) is 0 Å². The second-order valence-corrected chi connectivity index (χ2v) is 11.3. The van der Waals surface area contributed by atoms with Crippen molar-refractivity contribution in [1.29, 1.82) is 0 Å². The van der Waals surface area contributed by atoms with Crippen molar-refractivity contribution in [3.63, 3.8) is 0 Å². The van der Waals surface area contributed by atoms with Crippen LogP contribution in [0.2, 0.25) is 18.1 Å². The Morgan fingerprint density at radius 2 is 1.95 bits per heavy atom. The maximum atomic E-state index is 10.4. The normalized spacial score (nSPS) is 15.4. The first-order chi connectivity index (χ1) is 8.99. The van der Waals surface area contributed by atoms with Crippen molar-refractivity contribution in [1.82, 2.24) is 0 Å². The monoisotopic (exact) mass is 296 g/mol. The number of allylic oxidation sites excluding steroid dienone is 2. The van der Waals surface area contributed by atoms with Gasteiger partial charge in [-0.1, -0.05) is 44.6 Å². The summed E-state index contributed by atoms with van der Waals surface area (Å²) in [6, 6.07) is 0. The average Bonchev–Trinajstić information content (AvgIpc) is 2.25. The molecule has 1 N–H and O–H groups in total. The number of hydrogen-bond acceptors (Lipinski definition) is 2. The van der Waals surface area contributed by atoms with Gasteiger partial charge in [-0.15, -0.1) is 6.58 Å². The lowest BCUT2D eigenvalue weighted by Gasteiger charge is -2.38. The van der Waals surface area contributed by atoms with Gasteiger partial charge in [0, 0.05) is 6.08 Å². The Bertz CT molecular complexity index is 400. The zero-order chi connectivity index (χ0) is 16.0. The second kappa shape index (κ2) is 7.60. The molecule has 0 aromatic rings. The van der Waals surface area contributed by atoms with E-state index in [0.29, 0.717) is 0 Å². The van der Waals surface area contributed by atoms with E-state index in [1.807, 2.05) is 13.0 Å². The molecule has 114 valence electrons. The van der Waals surface area contributed by atoms with Crippen LogP contribution in [0.1, 0.15) is 34.1 Å². The Balaban J connectivity index is 4.72. The van der Waals surface area contributed by atoms with Gasteiger partial charge in [0.2, 0.25) is 0 Å². The second-order valence-electron chi connectivity index (χ2n) is 6.57. The summed E-state index contributed by atoms with van der Waals surface area (Å²) in [5.74, 6) is -0.938. The molecule has 0 saturated heterocycles. The molecule has 1 atom stereocenters. The van der Waals surface area contributed by atoms with Crippen LogP contribution in [0.4, 0.5) is 0 Å². The fourth-order valence-electron chi connectivity index (χ4n) is 1.41. The predicted octanol–water partition coefficient (Wildman–Crippen LogP) is 4.54. The van der Waals surface area contributed by atoms with E-state index in [1.165, 1.54) is 0 Å². The molecule has 1 unspecified atom stereocenters. The van der Waals surface area contributed by atoms with Gasteiger partial charge >= 0.3 is 5.97 Å². The maximum Gasteiger partial charge on any atom is 0.328 e. The number of carboxylic acids is 1. The third kappa shape index (κ3) is 6.87. The van der Waals surface area contributed by atoms with Gasteiger partial charge in [-0.05, 0) is 31.5 Å². The van der Waals surface area contributed by atoms with Gasteiger partial charge in [-0.2, -0.15) is 0 Å². The average molecular weight is 296 g/mol. The molecule has 0 rings (SSSR count). The fourth-order valence-corrected chi connectivity index (χ4v) is 2.70. The highest BCUT2D eigenvalue weighted by molar-refractivity contribution is 6.74. The summed E-state index contributed by atoms with van der Waals surface area (Å²) >= 11 is 0. The van der Waals surface area contributed by atoms with Crippen LogP contribution >= 0.6 is 0 Å². The number of hydrogen-bond donors (Lipinski definition) is 1. The largest absolute Gasteiger partial charge is 0.478 e. The Hall–Kier alpha value is -1.13. The quantitative estimate of drug-likeness (QED) is 0.325. The molecule has 0 aromatic heterocycles. The van der Waals surface area contributed by atoms with Crippen molar-refractivity contribution < 1.29 is 14.3 Å². The lowest BCUT2D eigenvalue weighted by Crippen LogP contribution is -2.43. The molecule has 20 heavy (non-hydrogen) atoms. The van der Waals surface area contributed by atoms with E-state index in [9.17, 15) is 4.79 Å². The molecule has 0 spiro atoms. The van der Waals surface area contributed by atoms with E-state index in [1.54, 1.807) is 12.2 Å². The van der Waals surface area contributed by atoms with Gasteiger partial charge in [-0.3, -0.25) is 0 Å². The number of aliphatic carboxylic acids is 1. The Morgan fingerprint density at radius 1 is 1.40 bits per heavy atom. The fraction of sp³-hybridized carbons (Fsp3) is 0.562. The van der Waals surface area contributed by atoms with Crippen LogP contribution in [-0.4, -0.2) is 25.5 Å². The Morgan fingerprint density at radius 3 is 2.35 bits per heavy atom. The van der Waals surface area contributed by atoms with Gasteiger partial charge in [0.25, 0.3) is 0 Å². The molecule has 0 aliphatic carbocycles. The highest BCUT2D eigenvalue weighted by atomic mass is 28.4. The van der Waals surface area contributed by atoms with Crippen molar-refractivity contribution in [2.24, 2.45) is 0 Å². The first-order valence-electron chi connectivity index (χ1n) is 6.86. The summed E-state index contributed by atoms with van der Waals surface area (Å²) in [5.41, 5.74) is 1.08. The van der Waals surface area contributed by atoms with Crippen LogP contribution in [0.15, 0.2) is 36.5 Å². The maximum absolute atomic E-state index is 10.4. The number of rotatable bonds is 7. The van der Waals surface area contributed by atoms with Crippen LogP contribution in [0.25, 0.3) is 0 Å². The molecule has 4 heteroatoms. The van der Waals surface area contributed by atoms with Gasteiger partial charge < -0.3 is 9.53 Å². The van der Waals surface area contributed by atoms with E-state index in [2.05, 4.69) is 40.4 Å². The minimum Gasteiger partial charge on any atom is -0.478 e. The van der Waals surface area contributed by atoms with Crippen molar-refractivity contribution in [2.75, 3.05) is 0 Å². The first kappa shape index (κ1) is 18.9. The number of carboxylic acid groups (broad SMARTS) is 1. The van der Waals surface area contributed by atoms with Gasteiger partial charge in [0.1, 0.15) is 0 Å². The summed E-state index contributed by atoms with van der Waals surface area (Å²) in [6.45, 7) is 16.9. The molecule has 0 amide bonds. The van der Waals surface area contributed by atoms with E-state index >= 15 is 0 Å². The number of carbonyl (C=O) groups is 1. The molecule has 0 aromatic carbocycles. The molecule has 0 radical (unpaired) electrons. The van der Waals surface area contributed by atoms with Crippen molar-refractivity contribution in [3.05, 3.63) is 36.5 Å². The van der Waals surface area contributed by atoms with Crippen molar-refractivity contribution in [2.45, 2.75) is 58.4 Å². The summed E-state index contributed by atoms with van der Waals surface area (Å²) in [6.07, 6.45) is 7.02. The SMILES string of the molecule is C=CC(C/C(C)=C\C=C\C(=O)O)O[Si](C)(C)C(C)(C)C. The smallest absolute Gasteiger partial charge is 0.328 e. The molecule has 0 heterocycles. The molecule has 3 nitrogen and oxygen atoms in total. The Labute approximate surface area is 124 Å². The third-order valence-corrected chi connectivity index (χ3v) is 8.16. The summed E-state index contributed by atoms with van der Waals surface area (Å²) < 4.78 is 6.29. The third-order valence-electron chi connectivity index (χ3n) is 3.66. The standard InChI is InChI=1S/C16H28O3Si/c1-8-14(19-20(6,7)16(3,4)5)12-13(2)10-9-11-15(17)18/h8-11,14H,1,12H2,2-7H3,(H,17,18)/b11-9+,13-10-. The van der Waals surface area contributed by atoms with Crippen molar-refractivity contribution >= 4 is 14.3 Å². The van der Waals surface area contributed by atoms with Gasteiger partial charge in [0.15, 0.2) is 8.32 Å². The highest BCUT2D eigenvalue weighted by Crippen LogP contribution is 2.37. The van der Waals surface area contributed by atoms with E-state index < -0.39 is 14.3 Å². The van der Waals surface area contributed by atoms with Gasteiger partial charge in [-0.25, -0.2) is 4.79 Å². The lowest BCUT2D eigenvalue weighted by atomic mass is 10.1. The molecular weight excluding hydrogens is 268 g/mol. The molecule has 0 aliphatic heterocycles. The molecular formula is C16H28O3Si. The zero-order valence-corrected chi connectivity index (χ0v) is 14.6. The summed E-state index contributed by atoms with van der Waals surface area (Å²) in [7, 11) is -1.82. The van der Waals surface area contributed by atoms with E-state index in [0.717, 1.165) is 18.1 Å². The van der Waals surface area contributed by atoms with E-state index in [-0.39, 0.29) is 11.1 Å². The molecule has 0 fully saturated rings. The minimum atomic E-state index is -1.82. The lowest BCUT2D eigenvalue weighted by molar-refractivity contribution is -0.131.